The highest BCUT2D eigenvalue weighted by molar-refractivity contribution is 8.76. The minimum atomic E-state index is -1.37. The standard InChI is InChI=1S/C32H48N10O9S2/c1-16(43)25(37-17(2)44)30(50)41-23-15-53-52-14-22(28(48)38-20(26(33)46)5-3-11-36-32(34)35)40-27(47)21(13-18-7-9-19(45)10-8-18)39-29(49)24-6-4-12-42(24)31(23)51/h7-10,16,20-25,43,45H,3-6,11-15H2,1-2H3,(H2,33,46)(H,37,44)(H,38,48)(H,39,49)(H,40,47)(H,41,50)(H4,34,35,36)/t16-,20+,21+,22+,23+,24+,25+/m1/s1. The van der Waals surface area contributed by atoms with Gasteiger partial charge in [-0.05, 0) is 50.3 Å². The van der Waals surface area contributed by atoms with E-state index in [1.807, 2.05) is 0 Å². The van der Waals surface area contributed by atoms with Crippen molar-refractivity contribution in [3.05, 3.63) is 29.8 Å². The summed E-state index contributed by atoms with van der Waals surface area (Å²) in [5.74, 6) is -5.25. The van der Waals surface area contributed by atoms with Crippen molar-refractivity contribution in [3.63, 3.8) is 0 Å². The molecule has 2 aliphatic rings. The second kappa shape index (κ2) is 20.5. The Bertz CT molecular complexity index is 1530. The van der Waals surface area contributed by atoms with Gasteiger partial charge in [0.1, 0.15) is 42.0 Å². The number of carbonyl (C=O) groups is 7. The summed E-state index contributed by atoms with van der Waals surface area (Å²) in [5.41, 5.74) is 16.8. The SMILES string of the molecule is CC(=O)N[C@H](C(=O)N[C@H]1CSSC[C@@H](C(=O)N[C@@H](CCCN=C(N)N)C(N)=O)NC(=O)[C@H](Cc2ccc(O)cc2)NC(=O)[C@@H]2CCCN2C1=O)[C@@H](C)O. The van der Waals surface area contributed by atoms with Crippen LogP contribution in [0, 0.1) is 0 Å². The Balaban J connectivity index is 1.94. The van der Waals surface area contributed by atoms with E-state index in [0.29, 0.717) is 18.4 Å². The van der Waals surface area contributed by atoms with Crippen molar-refractivity contribution >= 4 is 68.9 Å². The Morgan fingerprint density at radius 3 is 2.32 bits per heavy atom. The summed E-state index contributed by atoms with van der Waals surface area (Å²) in [4.78, 5) is 97.7. The number of benzene rings is 1. The molecule has 2 saturated heterocycles. The fourth-order valence-corrected chi connectivity index (χ4v) is 7.98. The first-order valence-corrected chi connectivity index (χ1v) is 19.4. The minimum absolute atomic E-state index is 0.0135. The highest BCUT2D eigenvalue weighted by Crippen LogP contribution is 2.26. The maximum atomic E-state index is 14.0. The number of rotatable bonds is 13. The molecule has 0 aromatic heterocycles. The summed E-state index contributed by atoms with van der Waals surface area (Å²) in [6, 6.07) is -1.28. The first kappa shape index (κ1) is 42.7. The predicted octanol–water partition coefficient (Wildman–Crippen LogP) is -3.32. The average Bonchev–Trinajstić information content (AvgIpc) is 3.59. The molecular formula is C32H48N10O9S2. The van der Waals surface area contributed by atoms with Crippen LogP contribution in [0.15, 0.2) is 29.3 Å². The number of aliphatic hydroxyl groups excluding tert-OH is 1. The number of amides is 7. The van der Waals surface area contributed by atoms with E-state index < -0.39 is 83.7 Å². The highest BCUT2D eigenvalue weighted by atomic mass is 33.1. The number of guanidine groups is 1. The molecule has 19 nitrogen and oxygen atoms in total. The summed E-state index contributed by atoms with van der Waals surface area (Å²) in [6.45, 7) is 2.84. The van der Waals surface area contributed by atoms with Gasteiger partial charge in [0.25, 0.3) is 0 Å². The molecule has 0 aliphatic carbocycles. The number of nitrogens with zero attached hydrogens (tertiary/aromatic N) is 2. The van der Waals surface area contributed by atoms with Crippen molar-refractivity contribution in [1.29, 1.82) is 0 Å². The van der Waals surface area contributed by atoms with E-state index in [-0.39, 0.29) is 55.6 Å². The zero-order valence-electron chi connectivity index (χ0n) is 29.4. The van der Waals surface area contributed by atoms with Crippen LogP contribution in [0.3, 0.4) is 0 Å². The summed E-state index contributed by atoms with van der Waals surface area (Å²) in [5, 5.41) is 32.9. The van der Waals surface area contributed by atoms with Gasteiger partial charge in [-0.2, -0.15) is 0 Å². The molecule has 0 bridgehead atoms. The molecule has 21 heteroatoms. The van der Waals surface area contributed by atoms with E-state index in [2.05, 4.69) is 31.6 Å². The summed E-state index contributed by atoms with van der Waals surface area (Å²) >= 11 is 0. The lowest BCUT2D eigenvalue weighted by Crippen LogP contribution is -2.61. The number of carbonyl (C=O) groups excluding carboxylic acids is 7. The third-order valence-corrected chi connectivity index (χ3v) is 10.8. The first-order chi connectivity index (χ1) is 25.1. The molecule has 3 rings (SSSR count). The maximum absolute atomic E-state index is 14.0. The normalized spacial score (nSPS) is 22.8. The van der Waals surface area contributed by atoms with Gasteiger partial charge in [0.2, 0.25) is 41.4 Å². The number of phenolic OH excluding ortho intramolecular Hbond substituents is 1. The summed E-state index contributed by atoms with van der Waals surface area (Å²) < 4.78 is 0. The molecule has 2 aliphatic heterocycles. The summed E-state index contributed by atoms with van der Waals surface area (Å²) in [6.07, 6.45) is -0.244. The minimum Gasteiger partial charge on any atom is -0.508 e. The molecule has 0 saturated carbocycles. The zero-order chi connectivity index (χ0) is 39.2. The van der Waals surface area contributed by atoms with Crippen LogP contribution in [0.25, 0.3) is 0 Å². The smallest absolute Gasteiger partial charge is 0.246 e. The number of fused-ring (bicyclic) bond motifs is 1. The molecule has 1 aromatic rings. The predicted molar refractivity (Wildman–Crippen MR) is 198 cm³/mol. The number of nitrogens with two attached hydrogens (primary N) is 3. The quantitative estimate of drug-likeness (QED) is 0.0406. The second-order valence-corrected chi connectivity index (χ2v) is 15.2. The fraction of sp³-hybridized carbons (Fsp3) is 0.562. The van der Waals surface area contributed by atoms with Gasteiger partial charge < -0.3 is 58.9 Å². The van der Waals surface area contributed by atoms with E-state index in [4.69, 9.17) is 17.2 Å². The second-order valence-electron chi connectivity index (χ2n) is 12.6. The molecule has 7 atom stereocenters. The van der Waals surface area contributed by atoms with Crippen LogP contribution in [-0.2, 0) is 40.0 Å². The lowest BCUT2D eigenvalue weighted by atomic mass is 10.0. The van der Waals surface area contributed by atoms with Crippen molar-refractivity contribution in [2.45, 2.75) is 88.3 Å². The van der Waals surface area contributed by atoms with E-state index in [9.17, 15) is 43.8 Å². The molecule has 0 unspecified atom stereocenters. The first-order valence-electron chi connectivity index (χ1n) is 16.9. The highest BCUT2D eigenvalue weighted by Gasteiger charge is 2.40. The zero-order valence-corrected chi connectivity index (χ0v) is 31.0. The molecule has 0 radical (unpaired) electrons. The molecular weight excluding hydrogens is 733 g/mol. The Morgan fingerprint density at radius 1 is 1.02 bits per heavy atom. The number of aliphatic imine (C=N–C) groups is 1. The number of primary amides is 1. The van der Waals surface area contributed by atoms with Crippen molar-refractivity contribution in [3.8, 4) is 5.75 Å². The van der Waals surface area contributed by atoms with Gasteiger partial charge in [0.05, 0.1) is 6.10 Å². The van der Waals surface area contributed by atoms with Gasteiger partial charge in [0.15, 0.2) is 5.96 Å². The third-order valence-electron chi connectivity index (χ3n) is 8.38. The Hall–Kier alpha value is -4.76. The molecule has 2 fully saturated rings. The molecule has 53 heavy (non-hydrogen) atoms. The molecule has 13 N–H and O–H groups in total. The molecule has 1 aromatic carbocycles. The van der Waals surface area contributed by atoms with E-state index >= 15 is 0 Å². The molecule has 0 spiro atoms. The van der Waals surface area contributed by atoms with Crippen molar-refractivity contribution in [2.24, 2.45) is 22.2 Å². The molecule has 7 amide bonds. The molecule has 292 valence electrons. The number of aromatic hydroxyl groups is 1. The van der Waals surface area contributed by atoms with Gasteiger partial charge in [-0.15, -0.1) is 0 Å². The van der Waals surface area contributed by atoms with E-state index in [1.54, 1.807) is 12.1 Å². The number of nitrogens with one attached hydrogen (secondary N) is 5. The fourth-order valence-electron chi connectivity index (χ4n) is 5.66. The number of hydrogen-bond donors (Lipinski definition) is 10. The van der Waals surface area contributed by atoms with Gasteiger partial charge in [0, 0.05) is 37.9 Å². The van der Waals surface area contributed by atoms with Gasteiger partial charge in [-0.25, -0.2) is 0 Å². The molecule has 2 heterocycles. The van der Waals surface area contributed by atoms with E-state index in [0.717, 1.165) is 21.6 Å². The monoisotopic (exact) mass is 780 g/mol. The lowest BCUT2D eigenvalue weighted by Gasteiger charge is -2.31. The van der Waals surface area contributed by atoms with Crippen molar-refractivity contribution < 1.29 is 43.8 Å². The van der Waals surface area contributed by atoms with E-state index in [1.165, 1.54) is 30.9 Å². The third kappa shape index (κ3) is 13.3. The number of hydrogen-bond acceptors (Lipinski definition) is 12. The Morgan fingerprint density at radius 2 is 1.70 bits per heavy atom. The Labute approximate surface area is 314 Å². The van der Waals surface area contributed by atoms with Crippen LogP contribution < -0.4 is 43.8 Å². The average molecular weight is 781 g/mol. The number of aliphatic hydroxyl groups is 1. The van der Waals surface area contributed by atoms with Gasteiger partial charge in [-0.3, -0.25) is 38.6 Å². The van der Waals surface area contributed by atoms with Crippen LogP contribution in [0.2, 0.25) is 0 Å². The van der Waals surface area contributed by atoms with Crippen LogP contribution in [-0.4, -0.2) is 129 Å². The number of phenols is 1. The van der Waals surface area contributed by atoms with Crippen LogP contribution in [0.4, 0.5) is 0 Å². The lowest BCUT2D eigenvalue weighted by molar-refractivity contribution is -0.142. The van der Waals surface area contributed by atoms with Crippen LogP contribution in [0.5, 0.6) is 5.75 Å². The van der Waals surface area contributed by atoms with Crippen LogP contribution >= 0.6 is 21.6 Å². The summed E-state index contributed by atoms with van der Waals surface area (Å²) in [7, 11) is 2.19. The van der Waals surface area contributed by atoms with Crippen molar-refractivity contribution in [1.82, 2.24) is 31.5 Å². The topological polar surface area (TPSA) is 314 Å². The van der Waals surface area contributed by atoms with Gasteiger partial charge >= 0.3 is 0 Å². The van der Waals surface area contributed by atoms with Crippen LogP contribution in [0.1, 0.15) is 45.1 Å². The van der Waals surface area contributed by atoms with Gasteiger partial charge in [-0.1, -0.05) is 33.7 Å². The Kier molecular flexibility index (Phi) is 16.5. The maximum Gasteiger partial charge on any atom is 0.246 e. The van der Waals surface area contributed by atoms with Crippen molar-refractivity contribution in [2.75, 3.05) is 24.6 Å². The largest absolute Gasteiger partial charge is 0.508 e.